The molecule has 0 aliphatic rings. The summed E-state index contributed by atoms with van der Waals surface area (Å²) < 4.78 is 5.99. The van der Waals surface area contributed by atoms with Gasteiger partial charge in [0.05, 0.1) is 0 Å². The lowest BCUT2D eigenvalue weighted by Crippen LogP contribution is -2.43. The lowest BCUT2D eigenvalue weighted by atomic mass is 10.1. The fraction of sp³-hybridized carbons (Fsp3) is 0.500. The molecule has 19 heavy (non-hydrogen) atoms. The van der Waals surface area contributed by atoms with Gasteiger partial charge in [-0.3, -0.25) is 0 Å². The van der Waals surface area contributed by atoms with Crippen molar-refractivity contribution in [3.8, 4) is 0 Å². The molecule has 0 aromatic heterocycles. The lowest BCUT2D eigenvalue weighted by molar-refractivity contribution is -0.146. The van der Waals surface area contributed by atoms with Crippen LogP contribution in [0.5, 0.6) is 0 Å². The van der Waals surface area contributed by atoms with Gasteiger partial charge in [0.1, 0.15) is 0 Å². The first-order valence-electron chi connectivity index (χ1n) is 6.21. The number of carboxylic acid groups (broad SMARTS) is 1. The third-order valence-electron chi connectivity index (χ3n) is 3.59. The van der Waals surface area contributed by atoms with Gasteiger partial charge in [-0.05, 0) is 35.8 Å². The zero-order valence-electron chi connectivity index (χ0n) is 12.0. The summed E-state index contributed by atoms with van der Waals surface area (Å²) in [6.07, 6.45) is -0.959. The highest BCUT2D eigenvalue weighted by molar-refractivity contribution is 6.74. The second-order valence-electron chi connectivity index (χ2n) is 6.15. The molecule has 3 nitrogen and oxygen atoms in total. The van der Waals surface area contributed by atoms with E-state index in [4.69, 9.17) is 16.0 Å². The largest absolute Gasteiger partial charge is 0.479 e. The average molecular weight is 301 g/mol. The molecule has 0 fully saturated rings. The monoisotopic (exact) mass is 300 g/mol. The average Bonchev–Trinajstić information content (AvgIpc) is 2.24. The van der Waals surface area contributed by atoms with Gasteiger partial charge >= 0.3 is 5.97 Å². The molecule has 0 saturated heterocycles. The number of rotatable bonds is 4. The Morgan fingerprint density at radius 1 is 1.37 bits per heavy atom. The van der Waals surface area contributed by atoms with Gasteiger partial charge in [-0.25, -0.2) is 4.79 Å². The summed E-state index contributed by atoms with van der Waals surface area (Å²) in [5.41, 5.74) is 0.588. The van der Waals surface area contributed by atoms with Crippen molar-refractivity contribution in [1.82, 2.24) is 0 Å². The van der Waals surface area contributed by atoms with Crippen LogP contribution in [0, 0.1) is 0 Å². The molecule has 0 heterocycles. The summed E-state index contributed by atoms with van der Waals surface area (Å²) in [6, 6.07) is 6.84. The van der Waals surface area contributed by atoms with Crippen LogP contribution in [0.1, 0.15) is 32.4 Å². The molecule has 0 aliphatic carbocycles. The molecular formula is C14H21ClO3Si. The predicted octanol–water partition coefficient (Wildman–Crippen LogP) is 4.49. The lowest BCUT2D eigenvalue weighted by Gasteiger charge is -2.38. The molecule has 106 valence electrons. The van der Waals surface area contributed by atoms with Gasteiger partial charge in [-0.15, -0.1) is 0 Å². The highest BCUT2D eigenvalue weighted by Crippen LogP contribution is 2.40. The Balaban J connectivity index is 3.08. The van der Waals surface area contributed by atoms with Gasteiger partial charge in [0.25, 0.3) is 0 Å². The van der Waals surface area contributed by atoms with E-state index in [1.165, 1.54) is 0 Å². The van der Waals surface area contributed by atoms with Crippen LogP contribution in [-0.2, 0) is 9.22 Å². The Labute approximate surface area is 120 Å². The standard InChI is InChI=1S/C14H21ClO3Si/c1-14(2,3)19(4,5)18-12(13(16)17)10-7-6-8-11(15)9-10/h6-9,12H,1-5H3,(H,16,17)/t12-/m1/s1. The highest BCUT2D eigenvalue weighted by Gasteiger charge is 2.41. The number of hydrogen-bond acceptors (Lipinski definition) is 2. The van der Waals surface area contributed by atoms with Crippen LogP contribution in [0.2, 0.25) is 23.2 Å². The minimum atomic E-state index is -2.15. The van der Waals surface area contributed by atoms with E-state index in [1.807, 2.05) is 13.1 Å². The molecule has 5 heteroatoms. The first-order valence-corrected chi connectivity index (χ1v) is 9.49. The normalized spacial score (nSPS) is 14.2. The number of benzene rings is 1. The Morgan fingerprint density at radius 3 is 2.37 bits per heavy atom. The molecule has 0 saturated carbocycles. The topological polar surface area (TPSA) is 46.5 Å². The van der Waals surface area contributed by atoms with Crippen LogP contribution in [0.15, 0.2) is 24.3 Å². The fourth-order valence-electron chi connectivity index (χ4n) is 1.40. The van der Waals surface area contributed by atoms with Crippen LogP contribution in [0.25, 0.3) is 0 Å². The van der Waals surface area contributed by atoms with Crippen molar-refractivity contribution in [3.63, 3.8) is 0 Å². The van der Waals surface area contributed by atoms with Crippen LogP contribution in [-0.4, -0.2) is 19.4 Å². The summed E-state index contributed by atoms with van der Waals surface area (Å²) in [6.45, 7) is 10.3. The number of carboxylic acids is 1. The molecule has 1 atom stereocenters. The van der Waals surface area contributed by atoms with E-state index in [9.17, 15) is 9.90 Å². The maximum atomic E-state index is 11.5. The number of halogens is 1. The molecule has 1 aromatic rings. The van der Waals surface area contributed by atoms with Crippen LogP contribution in [0.3, 0.4) is 0 Å². The molecule has 0 bridgehead atoms. The maximum absolute atomic E-state index is 11.5. The molecule has 0 amide bonds. The van der Waals surface area contributed by atoms with Crippen molar-refractivity contribution in [1.29, 1.82) is 0 Å². The first kappa shape index (κ1) is 16.2. The van der Waals surface area contributed by atoms with Crippen molar-refractivity contribution in [2.75, 3.05) is 0 Å². The SMILES string of the molecule is CC(C)(C)[Si](C)(C)O[C@@H](C(=O)O)c1cccc(Cl)c1. The Morgan fingerprint density at radius 2 is 1.95 bits per heavy atom. The van der Waals surface area contributed by atoms with Gasteiger partial charge in [-0.2, -0.15) is 0 Å². The third kappa shape index (κ3) is 4.06. The summed E-state index contributed by atoms with van der Waals surface area (Å²) >= 11 is 5.92. The van der Waals surface area contributed by atoms with E-state index in [0.29, 0.717) is 10.6 Å². The quantitative estimate of drug-likeness (QED) is 0.834. The smallest absolute Gasteiger partial charge is 0.336 e. The Kier molecular flexibility index (Phi) is 4.82. The van der Waals surface area contributed by atoms with Crippen LogP contribution < -0.4 is 0 Å². The minimum absolute atomic E-state index is 0.0424. The van der Waals surface area contributed by atoms with Gasteiger partial charge in [-0.1, -0.05) is 44.5 Å². The summed E-state index contributed by atoms with van der Waals surface area (Å²) in [7, 11) is -2.15. The number of hydrogen-bond donors (Lipinski definition) is 1. The summed E-state index contributed by atoms with van der Waals surface area (Å²) in [4.78, 5) is 11.5. The Hall–Kier alpha value is -0.843. The van der Waals surface area contributed by atoms with Crippen molar-refractivity contribution >= 4 is 25.9 Å². The molecule has 1 N–H and O–H groups in total. The van der Waals surface area contributed by atoms with E-state index in [-0.39, 0.29) is 5.04 Å². The molecule has 1 rings (SSSR count). The molecule has 0 unspecified atom stereocenters. The molecule has 1 aromatic carbocycles. The second kappa shape index (κ2) is 5.65. The Bertz CT molecular complexity index is 466. The van der Waals surface area contributed by atoms with Gasteiger partial charge in [0, 0.05) is 5.02 Å². The first-order chi connectivity index (χ1) is 8.54. The molecule has 0 spiro atoms. The molecule has 0 radical (unpaired) electrons. The number of aliphatic carboxylic acids is 1. The summed E-state index contributed by atoms with van der Waals surface area (Å²) in [5.74, 6) is -0.980. The summed E-state index contributed by atoms with van der Waals surface area (Å²) in [5, 5.41) is 9.87. The van der Waals surface area contributed by atoms with E-state index in [0.717, 1.165) is 0 Å². The van der Waals surface area contributed by atoms with Crippen molar-refractivity contribution in [2.24, 2.45) is 0 Å². The zero-order chi connectivity index (χ0) is 14.8. The maximum Gasteiger partial charge on any atom is 0.336 e. The van der Waals surface area contributed by atoms with E-state index >= 15 is 0 Å². The van der Waals surface area contributed by atoms with Gasteiger partial charge < -0.3 is 9.53 Å². The predicted molar refractivity (Wildman–Crippen MR) is 80.1 cm³/mol. The molecular weight excluding hydrogens is 280 g/mol. The minimum Gasteiger partial charge on any atom is -0.479 e. The van der Waals surface area contributed by atoms with Crippen LogP contribution in [0.4, 0.5) is 0 Å². The van der Waals surface area contributed by atoms with Gasteiger partial charge in [0.2, 0.25) is 0 Å². The molecule has 0 aliphatic heterocycles. The second-order valence-corrected chi connectivity index (χ2v) is 11.3. The highest BCUT2D eigenvalue weighted by atomic mass is 35.5. The van der Waals surface area contributed by atoms with Gasteiger partial charge in [0.15, 0.2) is 14.4 Å². The third-order valence-corrected chi connectivity index (χ3v) is 8.27. The van der Waals surface area contributed by atoms with Crippen molar-refractivity contribution < 1.29 is 14.3 Å². The van der Waals surface area contributed by atoms with E-state index in [2.05, 4.69) is 20.8 Å². The zero-order valence-corrected chi connectivity index (χ0v) is 13.8. The van der Waals surface area contributed by atoms with Crippen LogP contribution >= 0.6 is 11.6 Å². The fourth-order valence-corrected chi connectivity index (χ4v) is 2.78. The van der Waals surface area contributed by atoms with E-state index in [1.54, 1.807) is 24.3 Å². The van der Waals surface area contributed by atoms with Crippen molar-refractivity contribution in [3.05, 3.63) is 34.9 Å². The van der Waals surface area contributed by atoms with Crippen molar-refractivity contribution in [2.45, 2.75) is 45.0 Å². The number of carbonyl (C=O) groups is 1. The van der Waals surface area contributed by atoms with E-state index < -0.39 is 20.4 Å².